The lowest BCUT2D eigenvalue weighted by Gasteiger charge is -2.60. The smallest absolute Gasteiger partial charge is 0.0321 e. The molecule has 7 aliphatic rings. The zero-order chi connectivity index (χ0) is 39.3. The van der Waals surface area contributed by atoms with Crippen LogP contribution in [0.25, 0.3) is 0 Å². The van der Waals surface area contributed by atoms with Crippen molar-refractivity contribution < 1.29 is 0 Å². The zero-order valence-electron chi connectivity index (χ0n) is 39.3. The lowest BCUT2D eigenvalue weighted by molar-refractivity contribution is -0.115. The Kier molecular flexibility index (Phi) is 16.3. The molecular weight excluding hydrogens is 673 g/mol. The summed E-state index contributed by atoms with van der Waals surface area (Å²) in [6, 6.07) is 0. The molecule has 0 spiro atoms. The average molecular weight is 773 g/mol. The van der Waals surface area contributed by atoms with Crippen molar-refractivity contribution in [3.63, 3.8) is 0 Å². The van der Waals surface area contributed by atoms with Crippen molar-refractivity contribution in [3.05, 3.63) is 0 Å². The highest BCUT2D eigenvalue weighted by Crippen LogP contribution is 2.67. The first kappa shape index (κ1) is 44.1. The molecule has 0 radical (unpaired) electrons. The first-order chi connectivity index (χ1) is 27.4. The van der Waals surface area contributed by atoms with Gasteiger partial charge in [-0.15, -0.1) is 0 Å². The summed E-state index contributed by atoms with van der Waals surface area (Å²) in [7, 11) is 0. The standard InChI is InChI=1S/C56H100/c1-9-15-24-46(41(31-30-39(12-4)13-5)34-37(7)44-29-20-23-40(44)14-6)56-50-27-18-16-25-48(50)55(49-26-17-19-28-51(49)56)43-33-32-42(35-43)54-45(21-10-2)38(8)52-36-53(52)47(54)22-11-3/h37-56H,9-36H2,1-8H3. The minimum Gasteiger partial charge on any atom is -0.0654 e. The van der Waals surface area contributed by atoms with Gasteiger partial charge >= 0.3 is 0 Å². The second-order valence-corrected chi connectivity index (χ2v) is 23.4. The topological polar surface area (TPSA) is 0 Å². The molecule has 7 fully saturated rings. The Labute approximate surface area is 352 Å². The third-order valence-corrected chi connectivity index (χ3v) is 21.1. The molecule has 17 atom stereocenters. The van der Waals surface area contributed by atoms with E-state index in [9.17, 15) is 0 Å². The van der Waals surface area contributed by atoms with Crippen LogP contribution in [0.1, 0.15) is 235 Å². The Bertz CT molecular complexity index is 1110. The van der Waals surface area contributed by atoms with Crippen LogP contribution in [0.15, 0.2) is 0 Å². The Morgan fingerprint density at radius 3 is 1.77 bits per heavy atom. The molecule has 17 unspecified atom stereocenters. The van der Waals surface area contributed by atoms with E-state index in [-0.39, 0.29) is 0 Å². The van der Waals surface area contributed by atoms with Crippen molar-refractivity contribution in [2.75, 3.05) is 0 Å². The summed E-state index contributed by atoms with van der Waals surface area (Å²) in [4.78, 5) is 0. The second kappa shape index (κ2) is 20.7. The van der Waals surface area contributed by atoms with E-state index in [4.69, 9.17) is 0 Å². The molecule has 7 rings (SSSR count). The molecule has 7 saturated carbocycles. The van der Waals surface area contributed by atoms with Crippen LogP contribution in [0.3, 0.4) is 0 Å². The molecule has 0 amide bonds. The monoisotopic (exact) mass is 773 g/mol. The maximum absolute atomic E-state index is 2.77. The van der Waals surface area contributed by atoms with E-state index in [0.717, 1.165) is 118 Å². The number of unbranched alkanes of at least 4 members (excludes halogenated alkanes) is 1. The molecule has 0 nitrogen and oxygen atoms in total. The summed E-state index contributed by atoms with van der Waals surface area (Å²) in [5, 5.41) is 0. The number of hydrogen-bond donors (Lipinski definition) is 0. The van der Waals surface area contributed by atoms with E-state index in [1.807, 2.05) is 0 Å². The van der Waals surface area contributed by atoms with Gasteiger partial charge in [-0.25, -0.2) is 0 Å². The molecular formula is C56H100. The van der Waals surface area contributed by atoms with Crippen LogP contribution in [0, 0.1) is 118 Å². The summed E-state index contributed by atoms with van der Waals surface area (Å²) in [6.45, 7) is 20.6. The van der Waals surface area contributed by atoms with Crippen molar-refractivity contribution >= 4 is 0 Å². The third kappa shape index (κ3) is 9.26. The molecule has 0 aromatic rings. The quantitative estimate of drug-likeness (QED) is 0.116. The van der Waals surface area contributed by atoms with Gasteiger partial charge in [0.1, 0.15) is 0 Å². The summed E-state index contributed by atoms with van der Waals surface area (Å²) >= 11 is 0. The minimum atomic E-state index is 0.941. The van der Waals surface area contributed by atoms with Crippen LogP contribution in [0.5, 0.6) is 0 Å². The van der Waals surface area contributed by atoms with Crippen molar-refractivity contribution in [3.8, 4) is 0 Å². The molecule has 0 bridgehead atoms. The van der Waals surface area contributed by atoms with Crippen LogP contribution in [-0.2, 0) is 0 Å². The van der Waals surface area contributed by atoms with Gasteiger partial charge in [-0.05, 0) is 195 Å². The number of fused-ring (bicyclic) bond motifs is 3. The molecule has 0 aromatic heterocycles. The van der Waals surface area contributed by atoms with E-state index in [0.29, 0.717) is 0 Å². The Morgan fingerprint density at radius 1 is 0.536 bits per heavy atom. The summed E-state index contributed by atoms with van der Waals surface area (Å²) in [5.74, 6) is 20.9. The molecule has 0 aliphatic heterocycles. The number of rotatable bonds is 20. The molecule has 56 heavy (non-hydrogen) atoms. The predicted octanol–water partition coefficient (Wildman–Crippen LogP) is 17.5. The van der Waals surface area contributed by atoms with Crippen LogP contribution < -0.4 is 0 Å². The van der Waals surface area contributed by atoms with Gasteiger partial charge in [0.2, 0.25) is 0 Å². The Balaban J connectivity index is 1.17. The van der Waals surface area contributed by atoms with Crippen molar-refractivity contribution in [1.29, 1.82) is 0 Å². The maximum atomic E-state index is 2.77. The molecule has 0 heterocycles. The van der Waals surface area contributed by atoms with E-state index in [1.165, 1.54) is 70.6 Å². The minimum absolute atomic E-state index is 0.941. The van der Waals surface area contributed by atoms with Crippen molar-refractivity contribution in [2.45, 2.75) is 235 Å². The Morgan fingerprint density at radius 2 is 1.16 bits per heavy atom. The number of hydrogen-bond acceptors (Lipinski definition) is 0. The van der Waals surface area contributed by atoms with Gasteiger partial charge in [-0.1, -0.05) is 158 Å². The fraction of sp³-hybridized carbons (Fsp3) is 1.00. The highest BCUT2D eigenvalue weighted by atomic mass is 14.6. The first-order valence-electron chi connectivity index (χ1n) is 27.4. The lowest BCUT2D eigenvalue weighted by atomic mass is 9.45. The van der Waals surface area contributed by atoms with E-state index in [1.54, 1.807) is 109 Å². The van der Waals surface area contributed by atoms with Crippen molar-refractivity contribution in [2.24, 2.45) is 118 Å². The van der Waals surface area contributed by atoms with Gasteiger partial charge in [0.25, 0.3) is 0 Å². The highest BCUT2D eigenvalue weighted by Gasteiger charge is 2.60. The van der Waals surface area contributed by atoms with E-state index in [2.05, 4.69) is 55.4 Å². The fourth-order valence-electron chi connectivity index (χ4n) is 18.6. The van der Waals surface area contributed by atoms with Crippen LogP contribution in [-0.4, -0.2) is 0 Å². The Hall–Kier alpha value is 0. The van der Waals surface area contributed by atoms with Gasteiger partial charge in [0.05, 0.1) is 0 Å². The normalized spacial score (nSPS) is 43.9. The average Bonchev–Trinajstić information content (AvgIpc) is 3.62. The summed E-state index contributed by atoms with van der Waals surface area (Å²) in [5.41, 5.74) is 0. The molecule has 0 N–H and O–H groups in total. The van der Waals surface area contributed by atoms with E-state index >= 15 is 0 Å². The van der Waals surface area contributed by atoms with Crippen molar-refractivity contribution in [1.82, 2.24) is 0 Å². The van der Waals surface area contributed by atoms with Gasteiger partial charge in [-0.2, -0.15) is 0 Å². The second-order valence-electron chi connectivity index (χ2n) is 23.4. The molecule has 7 aliphatic carbocycles. The third-order valence-electron chi connectivity index (χ3n) is 21.1. The molecule has 324 valence electrons. The largest absolute Gasteiger partial charge is 0.0654 e. The lowest BCUT2D eigenvalue weighted by Crippen LogP contribution is -2.53. The van der Waals surface area contributed by atoms with Gasteiger partial charge in [0, 0.05) is 0 Å². The first-order valence-corrected chi connectivity index (χ1v) is 27.4. The van der Waals surface area contributed by atoms with Crippen LogP contribution in [0.2, 0.25) is 0 Å². The molecule has 0 aromatic carbocycles. The van der Waals surface area contributed by atoms with E-state index < -0.39 is 0 Å². The summed E-state index contributed by atoms with van der Waals surface area (Å²) < 4.78 is 0. The fourth-order valence-corrected chi connectivity index (χ4v) is 18.6. The summed E-state index contributed by atoms with van der Waals surface area (Å²) in [6.07, 6.45) is 43.1. The van der Waals surface area contributed by atoms with Crippen LogP contribution in [0.4, 0.5) is 0 Å². The predicted molar refractivity (Wildman–Crippen MR) is 244 cm³/mol. The molecule has 0 heteroatoms. The zero-order valence-corrected chi connectivity index (χ0v) is 39.3. The van der Waals surface area contributed by atoms with Crippen LogP contribution >= 0.6 is 0 Å². The maximum Gasteiger partial charge on any atom is -0.0321 e. The van der Waals surface area contributed by atoms with Gasteiger partial charge in [0.15, 0.2) is 0 Å². The van der Waals surface area contributed by atoms with Gasteiger partial charge in [-0.3, -0.25) is 0 Å². The highest BCUT2D eigenvalue weighted by molar-refractivity contribution is 5.09. The van der Waals surface area contributed by atoms with Gasteiger partial charge < -0.3 is 0 Å². The molecule has 0 saturated heterocycles. The SMILES string of the molecule is CCCCC(C(CCC(CC)CC)CC(C)C1CCCC1CC)C1C2CCCCC2C(C2CCC(C3C(CCC)C(C)C4CC4C3CCC)C2)C2CCCCC21.